The van der Waals surface area contributed by atoms with Crippen LogP contribution in [0.15, 0.2) is 91.1 Å². The third kappa shape index (κ3) is 45.5. The molecular formula is C63H87ClF9N3O21P2. The number of allylic oxidation sites excluding steroid dienone is 4. The number of alkyl halides is 9. The minimum absolute atomic E-state index is 0. The van der Waals surface area contributed by atoms with Crippen LogP contribution in [0.5, 0.6) is 17.2 Å². The number of benzene rings is 3. The number of nitrogens with one attached hydrogen (secondary N) is 2. The van der Waals surface area contributed by atoms with Crippen LogP contribution in [0.25, 0.3) is 0 Å². The molecule has 99 heavy (non-hydrogen) atoms. The van der Waals surface area contributed by atoms with Crippen LogP contribution in [0, 0.1) is 9.93 Å². The van der Waals surface area contributed by atoms with Gasteiger partial charge in [0.1, 0.15) is 29.4 Å². The molecule has 5 atom stereocenters. The minimum Gasteiger partial charge on any atom is -0.465 e. The van der Waals surface area contributed by atoms with Gasteiger partial charge >= 0.3 is 54.3 Å². The summed E-state index contributed by atoms with van der Waals surface area (Å²) >= 11 is 5.02. The first-order valence-electron chi connectivity index (χ1n) is 28.4. The highest BCUT2D eigenvalue weighted by atomic mass is 35.5. The number of ether oxygens (including phenoxy) is 8. The zero-order valence-electron chi connectivity index (χ0n) is 54.0. The van der Waals surface area contributed by atoms with Crippen molar-refractivity contribution in [3.05, 3.63) is 134 Å². The van der Waals surface area contributed by atoms with Crippen molar-refractivity contribution in [2.24, 2.45) is 5.73 Å². The second kappa shape index (κ2) is 53.2. The molecule has 0 saturated carbocycles. The van der Waals surface area contributed by atoms with E-state index < -0.39 is 125 Å². The van der Waals surface area contributed by atoms with Crippen molar-refractivity contribution in [2.75, 3.05) is 46.6 Å². The summed E-state index contributed by atoms with van der Waals surface area (Å²) in [6.45, 7) is 12.2. The molecule has 3 aromatic carbocycles. The van der Waals surface area contributed by atoms with Crippen molar-refractivity contribution in [2.45, 2.75) is 151 Å². The number of rotatable bonds is 24. The molecule has 0 bridgehead atoms. The summed E-state index contributed by atoms with van der Waals surface area (Å²) in [4.78, 5) is 117. The van der Waals surface area contributed by atoms with Crippen molar-refractivity contribution in [3.8, 4) is 17.2 Å². The van der Waals surface area contributed by atoms with Crippen LogP contribution < -0.4 is 30.6 Å². The molecule has 0 aromatic heterocycles. The van der Waals surface area contributed by atoms with Crippen LogP contribution >= 0.6 is 29.5 Å². The predicted molar refractivity (Wildman–Crippen MR) is 355 cm³/mol. The molecule has 1 aliphatic rings. The third-order valence-corrected chi connectivity index (χ3v) is 11.0. The lowest BCUT2D eigenvalue weighted by molar-refractivity contribution is -0.157. The predicted octanol–water partition coefficient (Wildman–Crippen LogP) is 11.9. The van der Waals surface area contributed by atoms with E-state index in [1.807, 2.05) is 40.7 Å². The Kier molecular flexibility index (Phi) is 53.7. The molecule has 1 fully saturated rings. The van der Waals surface area contributed by atoms with Crippen LogP contribution in [0.1, 0.15) is 157 Å². The average molecular weight is 1490 g/mol. The summed E-state index contributed by atoms with van der Waals surface area (Å²) in [5.74, 6) is -8.48. The Morgan fingerprint density at radius 2 is 1.00 bits per heavy atom. The Morgan fingerprint density at radius 3 is 1.31 bits per heavy atom. The third-order valence-electron chi connectivity index (χ3n) is 10.9. The number of aliphatic hydroxyl groups excluding tert-OH is 2. The molecule has 1 heterocycles. The van der Waals surface area contributed by atoms with Crippen LogP contribution in [0.2, 0.25) is 0 Å². The lowest BCUT2D eigenvalue weighted by Gasteiger charge is -2.19. The number of carbonyl (C=O) groups excluding carboxylic acids is 9. The number of aliphatic hydroxyl groups is 2. The Bertz CT molecular complexity index is 3060. The smallest absolute Gasteiger partial charge is 0.416 e. The standard InChI is InChI=1S/C25H30F3NO7.C13H14F3NO5.C11H9F3O4.C6H9ClO.C6H13NO2.2CH4.O2.H4P2/c1-4-6-8-10-22(31)34-16-19(36-23(32)11-9-7-5-2)15-29-24(33)20-13-12-18(25(26,27)28)14-21(20)35-17(3)30;1-7(19)22-11-4-8(13(14,15)16)2-3-10(11)12(21)17-5-9(20)6-18;1-6(15)18-9-5-7(11(12,13)14)3-4-8(9)10(16)17-2;1-2-3-4-5-6(7)8;1-6(2)8-4-5(3-7)9-6;;;2*1-2/h6-9,12-14,19H,4-5,10-11,15-16H2,1-3H3,(H,29,33);2-4,9,18,20H,5-6H2,1H3,(H,17,21);3-5H,1-2H3;3-4H,2,5H2,1H3;5H,3-4,7H2,1-2H3;2*1H4;;1-2H2/b8-6-,9-7-;;;4-3-;;;;;. The fourth-order valence-corrected chi connectivity index (χ4v) is 6.76. The number of methoxy groups -OCH3 is 1. The first-order valence-corrected chi connectivity index (χ1v) is 31.5. The minimum atomic E-state index is -4.72. The van der Waals surface area contributed by atoms with Crippen LogP contribution in [-0.2, 0) is 71.0 Å². The fraction of sp³-hybridized carbons (Fsp3) is 0.476. The topological polar surface area (TPSA) is 352 Å². The van der Waals surface area contributed by atoms with Crippen LogP contribution in [-0.4, -0.2) is 134 Å². The van der Waals surface area contributed by atoms with Gasteiger partial charge in [0.05, 0.1) is 79.7 Å². The summed E-state index contributed by atoms with van der Waals surface area (Å²) < 4.78 is 154. The SMILES string of the molecule is C.C.CC(=O)Oc1cc(C(F)(F)F)ccc1C(=O)NCC(O)CO.CC/C=C\CC(=O)Cl.CC/C=C\CC(=O)OCC(CNC(=O)c1ccc(C(F)(F)F)cc1OC(C)=O)OC(=O)C/C=C\CC.CC1(C)OCC(CN)O1.COC(=O)c1ccc(C(F)(F)F)cc1OC(C)=O.O=O.PP. The number of hydrogen-bond acceptors (Lipinski definition) is 22. The van der Waals surface area contributed by atoms with E-state index >= 15 is 0 Å². The maximum absolute atomic E-state index is 13.0. The van der Waals surface area contributed by atoms with Gasteiger partial charge in [-0.25, -0.2) is 4.79 Å². The average Bonchev–Trinajstić information content (AvgIpc) is 1.44. The number of amides is 2. The molecule has 4 rings (SSSR count). The lowest BCUT2D eigenvalue weighted by atomic mass is 10.1. The number of esters is 6. The molecule has 24 nitrogen and oxygen atoms in total. The maximum Gasteiger partial charge on any atom is 0.416 e. The Morgan fingerprint density at radius 1 is 0.636 bits per heavy atom. The number of nitrogens with two attached hydrogens (primary N) is 1. The Balaban J connectivity index is -0.000000400. The molecule has 5 unspecified atom stereocenters. The van der Waals surface area contributed by atoms with Crippen molar-refractivity contribution in [3.63, 3.8) is 0 Å². The van der Waals surface area contributed by atoms with Gasteiger partial charge in [0.15, 0.2) is 11.9 Å². The second-order valence-corrected chi connectivity index (χ2v) is 19.7. The number of halogens is 10. The van der Waals surface area contributed by atoms with Gasteiger partial charge in [-0.3, -0.25) is 38.4 Å². The molecule has 560 valence electrons. The second-order valence-electron chi connectivity index (χ2n) is 19.2. The van der Waals surface area contributed by atoms with Gasteiger partial charge in [0, 0.05) is 50.2 Å². The molecule has 2 amide bonds. The molecule has 3 aromatic rings. The van der Waals surface area contributed by atoms with Crippen molar-refractivity contribution >= 4 is 82.3 Å². The fourth-order valence-electron chi connectivity index (χ4n) is 6.67. The summed E-state index contributed by atoms with van der Waals surface area (Å²) in [6.07, 6.45) is -2.94. The maximum atomic E-state index is 13.0. The van der Waals surface area contributed by atoms with E-state index in [0.717, 1.165) is 58.9 Å². The highest BCUT2D eigenvalue weighted by Crippen LogP contribution is 2.36. The van der Waals surface area contributed by atoms with Crippen LogP contribution in [0.4, 0.5) is 39.5 Å². The van der Waals surface area contributed by atoms with E-state index in [1.165, 1.54) is 0 Å². The van der Waals surface area contributed by atoms with Gasteiger partial charge in [-0.15, -0.1) is 17.9 Å². The van der Waals surface area contributed by atoms with E-state index in [9.17, 15) is 82.7 Å². The van der Waals surface area contributed by atoms with Crippen molar-refractivity contribution in [1.29, 1.82) is 0 Å². The van der Waals surface area contributed by atoms with Crippen molar-refractivity contribution in [1.82, 2.24) is 10.6 Å². The highest BCUT2D eigenvalue weighted by molar-refractivity contribution is 7.92. The molecular weight excluding hydrogens is 1400 g/mol. The number of carbonyl (C=O) groups is 9. The van der Waals surface area contributed by atoms with Gasteiger partial charge < -0.3 is 64.5 Å². The molecule has 6 N–H and O–H groups in total. The molecule has 1 saturated heterocycles. The molecule has 0 spiro atoms. The normalized spacial score (nSPS) is 13.2. The van der Waals surface area contributed by atoms with Gasteiger partial charge in [-0.1, -0.05) is 72.1 Å². The monoisotopic (exact) mass is 1490 g/mol. The zero-order chi connectivity index (χ0) is 75.3. The van der Waals surface area contributed by atoms with E-state index in [0.29, 0.717) is 62.4 Å². The van der Waals surface area contributed by atoms with Gasteiger partial charge in [-0.2, -0.15) is 39.5 Å². The summed E-state index contributed by atoms with van der Waals surface area (Å²) in [6, 6.07) is 6.34. The summed E-state index contributed by atoms with van der Waals surface area (Å²) in [5.41, 5.74) is 1.26. The first kappa shape index (κ1) is 99.9. The quantitative estimate of drug-likeness (QED) is 0.0106. The van der Waals surface area contributed by atoms with Gasteiger partial charge in [-0.05, 0) is 99.3 Å². The molecule has 0 aliphatic carbocycles. The van der Waals surface area contributed by atoms with E-state index in [1.54, 1.807) is 30.4 Å². The molecule has 1 aliphatic heterocycles. The Labute approximate surface area is 577 Å². The van der Waals surface area contributed by atoms with E-state index in [2.05, 4.69) is 42.7 Å². The van der Waals surface area contributed by atoms with Crippen LogP contribution in [0.3, 0.4) is 0 Å². The first-order chi connectivity index (χ1) is 45.3. The molecule has 0 radical (unpaired) electrons. The summed E-state index contributed by atoms with van der Waals surface area (Å²) in [7, 11) is 5.73. The largest absolute Gasteiger partial charge is 0.465 e. The highest BCUT2D eigenvalue weighted by Gasteiger charge is 2.35. The number of hydrogen-bond donors (Lipinski definition) is 5. The van der Waals surface area contributed by atoms with Crippen molar-refractivity contribution < 1.29 is 131 Å². The van der Waals surface area contributed by atoms with E-state index in [-0.39, 0.29) is 75.4 Å². The molecule has 36 heteroatoms. The summed E-state index contributed by atoms with van der Waals surface area (Å²) in [5, 5.41) is 22.1. The van der Waals surface area contributed by atoms with Gasteiger partial charge in [0.2, 0.25) is 5.24 Å². The zero-order valence-corrected chi connectivity index (χ0v) is 57.1. The Hall–Kier alpha value is -7.77. The van der Waals surface area contributed by atoms with Gasteiger partial charge in [0.25, 0.3) is 11.8 Å². The van der Waals surface area contributed by atoms with E-state index in [4.69, 9.17) is 61.2 Å². The lowest BCUT2D eigenvalue weighted by Crippen LogP contribution is -2.38.